The molecule has 0 spiro atoms. The fourth-order valence-corrected chi connectivity index (χ4v) is 6.24. The molecule has 7 atom stereocenters. The Balaban J connectivity index is 1.31. The van der Waals surface area contributed by atoms with Crippen molar-refractivity contribution in [3.8, 4) is 0 Å². The van der Waals surface area contributed by atoms with E-state index in [1.165, 1.54) is 38.5 Å². The first-order valence-corrected chi connectivity index (χ1v) is 10.5. The minimum Gasteiger partial charge on any atom is -0.374 e. The van der Waals surface area contributed by atoms with Crippen molar-refractivity contribution < 1.29 is 9.53 Å². The molecule has 6 nitrogen and oxygen atoms in total. The highest BCUT2D eigenvalue weighted by Gasteiger charge is 2.53. The second kappa shape index (κ2) is 6.39. The molecule has 0 aromatic carbocycles. The van der Waals surface area contributed by atoms with Gasteiger partial charge in [-0.15, -0.1) is 0 Å². The van der Waals surface area contributed by atoms with Gasteiger partial charge in [-0.25, -0.2) is 4.99 Å². The van der Waals surface area contributed by atoms with E-state index < -0.39 is 0 Å². The third-order valence-electron chi connectivity index (χ3n) is 7.67. The highest BCUT2D eigenvalue weighted by Crippen LogP contribution is 2.48. The number of hydrogen-bond donors (Lipinski definition) is 1. The van der Waals surface area contributed by atoms with Crippen LogP contribution in [0.4, 0.5) is 0 Å². The van der Waals surface area contributed by atoms with Crippen molar-refractivity contribution >= 4 is 11.9 Å². The van der Waals surface area contributed by atoms with Crippen LogP contribution in [0.1, 0.15) is 38.5 Å². The molecule has 1 N–H and O–H groups in total. The van der Waals surface area contributed by atoms with Crippen LogP contribution >= 0.6 is 0 Å². The lowest BCUT2D eigenvalue weighted by atomic mass is 9.82. The SMILES string of the molecule is CN(C)C(=O)CN=C(NC1CC2CCC1C2)N1CC2C3CCC(O3)C2C1. The summed E-state index contributed by atoms with van der Waals surface area (Å²) in [4.78, 5) is 20.9. The Morgan fingerprint density at radius 1 is 1.12 bits per heavy atom. The summed E-state index contributed by atoms with van der Waals surface area (Å²) in [5.41, 5.74) is 0. The Morgan fingerprint density at radius 2 is 1.85 bits per heavy atom. The van der Waals surface area contributed by atoms with Crippen LogP contribution in [0.25, 0.3) is 0 Å². The van der Waals surface area contributed by atoms with E-state index >= 15 is 0 Å². The van der Waals surface area contributed by atoms with E-state index in [1.807, 2.05) is 0 Å². The number of aliphatic imine (C=N–C) groups is 1. The van der Waals surface area contributed by atoms with Gasteiger partial charge in [-0.2, -0.15) is 0 Å². The van der Waals surface area contributed by atoms with Gasteiger partial charge in [-0.05, 0) is 43.9 Å². The fraction of sp³-hybridized carbons (Fsp3) is 0.900. The maximum atomic E-state index is 12.1. The van der Waals surface area contributed by atoms with Gasteiger partial charge in [-0.3, -0.25) is 4.79 Å². The van der Waals surface area contributed by atoms with Crippen molar-refractivity contribution in [3.63, 3.8) is 0 Å². The number of carbonyl (C=O) groups is 1. The molecule has 0 radical (unpaired) electrons. The normalized spacial score (nSPS) is 43.2. The van der Waals surface area contributed by atoms with E-state index in [-0.39, 0.29) is 12.5 Å². The van der Waals surface area contributed by atoms with Gasteiger partial charge in [0.25, 0.3) is 0 Å². The number of amides is 1. The molecule has 2 aliphatic carbocycles. The van der Waals surface area contributed by atoms with E-state index in [4.69, 9.17) is 9.73 Å². The van der Waals surface area contributed by atoms with Crippen LogP contribution in [-0.2, 0) is 9.53 Å². The van der Waals surface area contributed by atoms with Crippen LogP contribution in [0, 0.1) is 23.7 Å². The maximum Gasteiger partial charge on any atom is 0.243 e. The first kappa shape index (κ1) is 16.8. The van der Waals surface area contributed by atoms with Crippen molar-refractivity contribution in [2.24, 2.45) is 28.7 Å². The molecule has 7 unspecified atom stereocenters. The summed E-state index contributed by atoms with van der Waals surface area (Å²) in [6, 6.07) is 0.551. The molecule has 5 rings (SSSR count). The van der Waals surface area contributed by atoms with Gasteiger partial charge in [0.05, 0.1) is 12.2 Å². The number of nitrogens with zero attached hydrogens (tertiary/aromatic N) is 3. The summed E-state index contributed by atoms with van der Waals surface area (Å²) in [5, 5.41) is 3.79. The lowest BCUT2D eigenvalue weighted by Gasteiger charge is -2.30. The largest absolute Gasteiger partial charge is 0.374 e. The predicted molar refractivity (Wildman–Crippen MR) is 99.8 cm³/mol. The van der Waals surface area contributed by atoms with Crippen molar-refractivity contribution in [1.29, 1.82) is 0 Å². The van der Waals surface area contributed by atoms with Gasteiger partial charge in [0.15, 0.2) is 5.96 Å². The van der Waals surface area contributed by atoms with Crippen LogP contribution in [0.5, 0.6) is 0 Å². The zero-order valence-corrected chi connectivity index (χ0v) is 16.1. The Hall–Kier alpha value is -1.30. The van der Waals surface area contributed by atoms with Crippen LogP contribution in [0.15, 0.2) is 4.99 Å². The highest BCUT2D eigenvalue weighted by atomic mass is 16.5. The highest BCUT2D eigenvalue weighted by molar-refractivity contribution is 5.85. The van der Waals surface area contributed by atoms with Crippen LogP contribution in [0.3, 0.4) is 0 Å². The third-order valence-corrected chi connectivity index (χ3v) is 7.67. The van der Waals surface area contributed by atoms with E-state index in [9.17, 15) is 4.79 Å². The molecule has 26 heavy (non-hydrogen) atoms. The molecule has 144 valence electrons. The molecule has 5 fully saturated rings. The number of likely N-dealkylation sites (tertiary alicyclic amines) is 1. The summed E-state index contributed by atoms with van der Waals surface area (Å²) < 4.78 is 6.12. The number of carbonyl (C=O) groups excluding carboxylic acids is 1. The first-order chi connectivity index (χ1) is 12.6. The summed E-state index contributed by atoms with van der Waals surface area (Å²) in [7, 11) is 3.60. The Bertz CT molecular complexity index is 589. The standard InChI is InChI=1S/C20H32N4O2/c1-23(2)19(25)9-21-20(22-16-8-12-3-4-13(16)7-12)24-10-14-15(11-24)18-6-5-17(14)26-18/h12-18H,3-11H2,1-2H3,(H,21,22). The molecule has 3 saturated heterocycles. The van der Waals surface area contributed by atoms with E-state index in [0.717, 1.165) is 30.9 Å². The molecule has 5 aliphatic rings. The lowest BCUT2D eigenvalue weighted by molar-refractivity contribution is -0.127. The van der Waals surface area contributed by atoms with Gasteiger partial charge >= 0.3 is 0 Å². The van der Waals surface area contributed by atoms with E-state index in [0.29, 0.717) is 30.1 Å². The second-order valence-corrected chi connectivity index (χ2v) is 9.38. The van der Waals surface area contributed by atoms with Gasteiger partial charge in [0.2, 0.25) is 5.91 Å². The molecule has 1 amide bonds. The molecule has 0 aromatic heterocycles. The smallest absolute Gasteiger partial charge is 0.243 e. The summed E-state index contributed by atoms with van der Waals surface area (Å²) >= 11 is 0. The van der Waals surface area contributed by atoms with Crippen molar-refractivity contribution in [2.75, 3.05) is 33.7 Å². The lowest BCUT2D eigenvalue weighted by Crippen LogP contribution is -2.48. The average molecular weight is 361 g/mol. The molecule has 6 heteroatoms. The quantitative estimate of drug-likeness (QED) is 0.609. The number of guanidine groups is 1. The summed E-state index contributed by atoms with van der Waals surface area (Å²) in [6.07, 6.45) is 8.80. The number of nitrogens with one attached hydrogen (secondary N) is 1. The molecule has 3 aliphatic heterocycles. The zero-order chi connectivity index (χ0) is 17.8. The minimum absolute atomic E-state index is 0.0695. The van der Waals surface area contributed by atoms with Crippen molar-refractivity contribution in [2.45, 2.75) is 56.8 Å². The third kappa shape index (κ3) is 2.81. The second-order valence-electron chi connectivity index (χ2n) is 9.38. The van der Waals surface area contributed by atoms with Gasteiger partial charge in [0, 0.05) is 45.1 Å². The summed E-state index contributed by atoms with van der Waals surface area (Å²) in [6.45, 7) is 2.31. The maximum absolute atomic E-state index is 12.1. The number of ether oxygens (including phenoxy) is 1. The first-order valence-electron chi connectivity index (χ1n) is 10.5. The molecule has 2 saturated carbocycles. The number of rotatable bonds is 3. The van der Waals surface area contributed by atoms with E-state index in [1.54, 1.807) is 19.0 Å². The van der Waals surface area contributed by atoms with Gasteiger partial charge < -0.3 is 19.9 Å². The molecular weight excluding hydrogens is 328 g/mol. The van der Waals surface area contributed by atoms with Crippen LogP contribution in [-0.4, -0.2) is 73.6 Å². The van der Waals surface area contributed by atoms with Gasteiger partial charge in [0.1, 0.15) is 6.54 Å². The summed E-state index contributed by atoms with van der Waals surface area (Å²) in [5.74, 6) is 4.07. The molecule has 3 heterocycles. The minimum atomic E-state index is 0.0695. The van der Waals surface area contributed by atoms with Crippen LogP contribution in [0.2, 0.25) is 0 Å². The Kier molecular flexibility index (Phi) is 4.14. The molecule has 0 aromatic rings. The monoisotopic (exact) mass is 360 g/mol. The van der Waals surface area contributed by atoms with E-state index in [2.05, 4.69) is 10.2 Å². The fourth-order valence-electron chi connectivity index (χ4n) is 6.24. The average Bonchev–Trinajstić information content (AvgIpc) is 3.41. The van der Waals surface area contributed by atoms with Crippen LogP contribution < -0.4 is 5.32 Å². The Labute approximate surface area is 156 Å². The number of hydrogen-bond acceptors (Lipinski definition) is 3. The van der Waals surface area contributed by atoms with Crippen molar-refractivity contribution in [1.82, 2.24) is 15.1 Å². The molecule has 4 bridgehead atoms. The molecular formula is C20H32N4O2. The topological polar surface area (TPSA) is 57.2 Å². The predicted octanol–water partition coefficient (Wildman–Crippen LogP) is 1.32. The number of fused-ring (bicyclic) bond motifs is 7. The Morgan fingerprint density at radius 3 is 2.42 bits per heavy atom. The van der Waals surface area contributed by atoms with Gasteiger partial charge in [-0.1, -0.05) is 6.42 Å². The number of likely N-dealkylation sites (N-methyl/N-ethyl adjacent to an activating group) is 1. The zero-order valence-electron chi connectivity index (χ0n) is 16.1. The van der Waals surface area contributed by atoms with Crippen molar-refractivity contribution in [3.05, 3.63) is 0 Å².